The van der Waals surface area contributed by atoms with E-state index in [1.807, 2.05) is 60.7 Å². The SMILES string of the molecule is CCCCCCCCCCCc1nnc(SCC(=O)N/N=C/c2ccc(OC(=O)/C=C/c3ccccc3)cc2)n1-c1ccccc1. The Bertz CT molecular complexity index is 1540. The molecule has 240 valence electrons. The van der Waals surface area contributed by atoms with Gasteiger partial charge in [-0.05, 0) is 60.0 Å². The number of carbonyl (C=O) groups excluding carboxylic acids is 2. The van der Waals surface area contributed by atoms with Crippen molar-refractivity contribution in [3.05, 3.63) is 108 Å². The number of aromatic nitrogens is 3. The average molecular weight is 638 g/mol. The molecule has 1 heterocycles. The Labute approximate surface area is 276 Å². The Balaban J connectivity index is 1.22. The number of ether oxygens (including phenoxy) is 1. The fourth-order valence-electron chi connectivity index (χ4n) is 4.83. The summed E-state index contributed by atoms with van der Waals surface area (Å²) in [4.78, 5) is 24.7. The van der Waals surface area contributed by atoms with Gasteiger partial charge >= 0.3 is 5.97 Å². The molecule has 0 aliphatic carbocycles. The number of amides is 1. The van der Waals surface area contributed by atoms with E-state index in [4.69, 9.17) is 4.74 Å². The highest BCUT2D eigenvalue weighted by Gasteiger charge is 2.15. The largest absolute Gasteiger partial charge is 0.423 e. The van der Waals surface area contributed by atoms with E-state index in [-0.39, 0.29) is 11.7 Å². The summed E-state index contributed by atoms with van der Waals surface area (Å²) in [6, 6.07) is 26.4. The van der Waals surface area contributed by atoms with Crippen LogP contribution in [0.2, 0.25) is 0 Å². The van der Waals surface area contributed by atoms with Crippen LogP contribution in [-0.2, 0) is 16.0 Å². The van der Waals surface area contributed by atoms with Gasteiger partial charge in [-0.25, -0.2) is 10.2 Å². The molecule has 0 saturated heterocycles. The molecule has 1 N–H and O–H groups in total. The summed E-state index contributed by atoms with van der Waals surface area (Å²) >= 11 is 1.33. The van der Waals surface area contributed by atoms with Crippen LogP contribution in [0.15, 0.2) is 101 Å². The number of rotatable bonds is 19. The molecule has 0 spiro atoms. The second kappa shape index (κ2) is 19.8. The molecule has 4 rings (SSSR count). The number of carbonyl (C=O) groups is 2. The number of hydrazone groups is 1. The number of thioether (sulfide) groups is 1. The highest BCUT2D eigenvalue weighted by atomic mass is 32.2. The monoisotopic (exact) mass is 637 g/mol. The zero-order valence-corrected chi connectivity index (χ0v) is 27.3. The number of benzene rings is 3. The molecule has 9 heteroatoms. The summed E-state index contributed by atoms with van der Waals surface area (Å²) in [5, 5.41) is 13.7. The van der Waals surface area contributed by atoms with Crippen molar-refractivity contribution in [2.24, 2.45) is 5.10 Å². The van der Waals surface area contributed by atoms with Crippen molar-refractivity contribution in [2.45, 2.75) is 76.3 Å². The van der Waals surface area contributed by atoms with Gasteiger partial charge in [0.15, 0.2) is 5.16 Å². The predicted molar refractivity (Wildman–Crippen MR) is 186 cm³/mol. The minimum Gasteiger partial charge on any atom is -0.423 e. The maximum Gasteiger partial charge on any atom is 0.336 e. The first kappa shape index (κ1) is 34.4. The van der Waals surface area contributed by atoms with Crippen molar-refractivity contribution < 1.29 is 14.3 Å². The molecule has 1 aromatic heterocycles. The molecule has 46 heavy (non-hydrogen) atoms. The molecule has 0 atom stereocenters. The molecule has 0 radical (unpaired) electrons. The predicted octanol–water partition coefficient (Wildman–Crippen LogP) is 8.20. The molecule has 8 nitrogen and oxygen atoms in total. The molecule has 0 unspecified atom stereocenters. The summed E-state index contributed by atoms with van der Waals surface area (Å²) in [5.41, 5.74) is 5.22. The maximum absolute atomic E-state index is 12.6. The van der Waals surface area contributed by atoms with Crippen molar-refractivity contribution in [1.82, 2.24) is 20.2 Å². The van der Waals surface area contributed by atoms with Crippen LogP contribution in [0.5, 0.6) is 5.75 Å². The summed E-state index contributed by atoms with van der Waals surface area (Å²) in [6.07, 6.45) is 16.9. The second-order valence-corrected chi connectivity index (χ2v) is 11.9. The van der Waals surface area contributed by atoms with E-state index in [2.05, 4.69) is 32.2 Å². The van der Waals surface area contributed by atoms with E-state index < -0.39 is 5.97 Å². The standard InChI is InChI=1S/C37H43N5O3S/c1-2-3-4-5-6-7-8-9-16-21-34-39-41-37(42(34)32-19-14-11-15-20-32)46-29-35(43)40-38-28-31-22-25-33(26-23-31)45-36(44)27-24-30-17-12-10-13-18-30/h10-15,17-20,22-28H,2-9,16,21,29H2,1H3,(H,40,43)/b27-24+,38-28+. The lowest BCUT2D eigenvalue weighted by Gasteiger charge is -2.10. The van der Waals surface area contributed by atoms with Crippen molar-refractivity contribution in [1.29, 1.82) is 0 Å². The number of nitrogens with zero attached hydrogens (tertiary/aromatic N) is 4. The number of hydrogen-bond donors (Lipinski definition) is 1. The van der Waals surface area contributed by atoms with E-state index in [1.165, 1.54) is 69.2 Å². The van der Waals surface area contributed by atoms with E-state index in [1.54, 1.807) is 36.6 Å². The number of para-hydroxylation sites is 1. The smallest absolute Gasteiger partial charge is 0.336 e. The van der Waals surface area contributed by atoms with Gasteiger partial charge in [-0.2, -0.15) is 5.10 Å². The van der Waals surface area contributed by atoms with Crippen LogP contribution < -0.4 is 10.2 Å². The molecule has 3 aromatic carbocycles. The van der Waals surface area contributed by atoms with Gasteiger partial charge < -0.3 is 4.74 Å². The van der Waals surface area contributed by atoms with Crippen molar-refractivity contribution >= 4 is 35.9 Å². The molecule has 0 bridgehead atoms. The van der Waals surface area contributed by atoms with Crippen LogP contribution in [0, 0.1) is 0 Å². The summed E-state index contributed by atoms with van der Waals surface area (Å²) < 4.78 is 7.40. The Morgan fingerprint density at radius 2 is 1.46 bits per heavy atom. The first-order valence-corrected chi connectivity index (χ1v) is 17.1. The summed E-state index contributed by atoms with van der Waals surface area (Å²) in [6.45, 7) is 2.25. The van der Waals surface area contributed by atoms with Gasteiger partial charge in [0, 0.05) is 18.2 Å². The lowest BCUT2D eigenvalue weighted by atomic mass is 10.1. The maximum atomic E-state index is 12.6. The lowest BCUT2D eigenvalue weighted by Crippen LogP contribution is -2.20. The van der Waals surface area contributed by atoms with Gasteiger partial charge in [-0.15, -0.1) is 10.2 Å². The molecular formula is C37H43N5O3S. The Morgan fingerprint density at radius 3 is 2.15 bits per heavy atom. The van der Waals surface area contributed by atoms with Crippen LogP contribution in [-0.4, -0.2) is 38.6 Å². The molecule has 0 aliphatic heterocycles. The van der Waals surface area contributed by atoms with Gasteiger partial charge in [0.2, 0.25) is 0 Å². The number of esters is 1. The summed E-state index contributed by atoms with van der Waals surface area (Å²) in [7, 11) is 0. The first-order valence-electron chi connectivity index (χ1n) is 16.1. The fourth-order valence-corrected chi connectivity index (χ4v) is 5.59. The zero-order valence-electron chi connectivity index (χ0n) is 26.5. The normalized spacial score (nSPS) is 11.3. The third-order valence-electron chi connectivity index (χ3n) is 7.26. The first-order chi connectivity index (χ1) is 22.6. The van der Waals surface area contributed by atoms with Crippen LogP contribution in [0.3, 0.4) is 0 Å². The number of nitrogens with one attached hydrogen (secondary N) is 1. The molecule has 0 saturated carbocycles. The lowest BCUT2D eigenvalue weighted by molar-refractivity contribution is -0.129. The third kappa shape index (κ3) is 12.1. The Hall–Kier alpha value is -4.50. The highest BCUT2D eigenvalue weighted by molar-refractivity contribution is 7.99. The van der Waals surface area contributed by atoms with Gasteiger partial charge in [-0.1, -0.05) is 119 Å². The third-order valence-corrected chi connectivity index (χ3v) is 8.19. The van der Waals surface area contributed by atoms with Gasteiger partial charge in [-0.3, -0.25) is 9.36 Å². The number of hydrogen-bond acceptors (Lipinski definition) is 7. The topological polar surface area (TPSA) is 98.5 Å². The minimum absolute atomic E-state index is 0.145. The molecule has 0 fully saturated rings. The van der Waals surface area contributed by atoms with Gasteiger partial charge in [0.25, 0.3) is 5.91 Å². The van der Waals surface area contributed by atoms with Crippen LogP contribution in [0.1, 0.15) is 81.7 Å². The van der Waals surface area contributed by atoms with Crippen LogP contribution in [0.25, 0.3) is 11.8 Å². The summed E-state index contributed by atoms with van der Waals surface area (Å²) in [5.74, 6) is 0.761. The fraction of sp³-hybridized carbons (Fsp3) is 0.324. The molecule has 1 amide bonds. The van der Waals surface area contributed by atoms with Gasteiger partial charge in [0.05, 0.1) is 12.0 Å². The average Bonchev–Trinajstić information content (AvgIpc) is 3.50. The zero-order chi connectivity index (χ0) is 32.2. The van der Waals surface area contributed by atoms with E-state index in [0.29, 0.717) is 10.9 Å². The number of aryl methyl sites for hydroxylation is 1. The van der Waals surface area contributed by atoms with Crippen LogP contribution >= 0.6 is 11.8 Å². The van der Waals surface area contributed by atoms with E-state index in [0.717, 1.165) is 35.5 Å². The van der Waals surface area contributed by atoms with E-state index in [9.17, 15) is 9.59 Å². The van der Waals surface area contributed by atoms with Crippen LogP contribution in [0.4, 0.5) is 0 Å². The second-order valence-electron chi connectivity index (χ2n) is 11.0. The minimum atomic E-state index is -0.464. The molecular weight excluding hydrogens is 595 g/mol. The Kier molecular flexibility index (Phi) is 14.8. The van der Waals surface area contributed by atoms with E-state index >= 15 is 0 Å². The quantitative estimate of drug-likeness (QED) is 0.0212. The van der Waals surface area contributed by atoms with Gasteiger partial charge in [0.1, 0.15) is 11.6 Å². The number of unbranched alkanes of at least 4 members (excludes halogenated alkanes) is 8. The molecule has 4 aromatic rings. The van der Waals surface area contributed by atoms with Crippen molar-refractivity contribution in [3.63, 3.8) is 0 Å². The molecule has 0 aliphatic rings. The highest BCUT2D eigenvalue weighted by Crippen LogP contribution is 2.23. The van der Waals surface area contributed by atoms with Crippen molar-refractivity contribution in [3.8, 4) is 11.4 Å². The Morgan fingerprint density at radius 1 is 0.804 bits per heavy atom. The van der Waals surface area contributed by atoms with Crippen molar-refractivity contribution in [2.75, 3.05) is 5.75 Å².